The SMILES string of the molecule is CN=C(NCc1ccc(C)c(OC)c1)Nc1ccc(OC)c(OC)c1. The highest BCUT2D eigenvalue weighted by atomic mass is 16.5. The van der Waals surface area contributed by atoms with Crippen LogP contribution in [0, 0.1) is 6.92 Å². The van der Waals surface area contributed by atoms with Crippen LogP contribution in [0.2, 0.25) is 0 Å². The number of anilines is 1. The number of aryl methyl sites for hydroxylation is 1. The first-order valence-corrected chi connectivity index (χ1v) is 7.94. The summed E-state index contributed by atoms with van der Waals surface area (Å²) in [4.78, 5) is 4.25. The molecule has 0 atom stereocenters. The van der Waals surface area contributed by atoms with Gasteiger partial charge in [-0.2, -0.15) is 0 Å². The third-order valence-electron chi connectivity index (χ3n) is 3.80. The molecule has 2 rings (SSSR count). The van der Waals surface area contributed by atoms with Crippen LogP contribution < -0.4 is 24.8 Å². The lowest BCUT2D eigenvalue weighted by Gasteiger charge is -2.14. The van der Waals surface area contributed by atoms with E-state index >= 15 is 0 Å². The van der Waals surface area contributed by atoms with Crippen molar-refractivity contribution in [2.24, 2.45) is 4.99 Å². The van der Waals surface area contributed by atoms with Gasteiger partial charge < -0.3 is 24.8 Å². The minimum absolute atomic E-state index is 0.629. The highest BCUT2D eigenvalue weighted by molar-refractivity contribution is 5.93. The van der Waals surface area contributed by atoms with Crippen molar-refractivity contribution >= 4 is 11.6 Å². The van der Waals surface area contributed by atoms with E-state index in [1.807, 2.05) is 37.3 Å². The topological polar surface area (TPSA) is 64.1 Å². The van der Waals surface area contributed by atoms with Crippen LogP contribution in [-0.2, 0) is 6.54 Å². The Hall–Kier alpha value is -2.89. The first-order chi connectivity index (χ1) is 12.1. The van der Waals surface area contributed by atoms with Crippen molar-refractivity contribution in [1.82, 2.24) is 5.32 Å². The molecule has 0 aliphatic heterocycles. The molecule has 0 aliphatic rings. The van der Waals surface area contributed by atoms with E-state index in [0.717, 1.165) is 22.6 Å². The second kappa shape index (κ2) is 8.82. The summed E-state index contributed by atoms with van der Waals surface area (Å²) < 4.78 is 15.9. The average Bonchev–Trinajstić information content (AvgIpc) is 2.65. The molecule has 0 spiro atoms. The van der Waals surface area contributed by atoms with Gasteiger partial charge in [0.2, 0.25) is 0 Å². The number of guanidine groups is 1. The summed E-state index contributed by atoms with van der Waals surface area (Å²) in [5.74, 6) is 2.88. The lowest BCUT2D eigenvalue weighted by Crippen LogP contribution is -2.30. The van der Waals surface area contributed by atoms with Crippen molar-refractivity contribution in [3.8, 4) is 17.2 Å². The van der Waals surface area contributed by atoms with Crippen LogP contribution in [0.25, 0.3) is 0 Å². The van der Waals surface area contributed by atoms with Gasteiger partial charge in [-0.05, 0) is 36.2 Å². The van der Waals surface area contributed by atoms with Crippen LogP contribution in [0.4, 0.5) is 5.69 Å². The Balaban J connectivity index is 2.04. The molecular formula is C19H25N3O3. The zero-order valence-corrected chi connectivity index (χ0v) is 15.3. The summed E-state index contributed by atoms with van der Waals surface area (Å²) in [5, 5.41) is 6.52. The molecule has 6 heteroatoms. The van der Waals surface area contributed by atoms with Crippen molar-refractivity contribution in [2.75, 3.05) is 33.7 Å². The number of ether oxygens (including phenoxy) is 3. The summed E-state index contributed by atoms with van der Waals surface area (Å²) >= 11 is 0. The second-order valence-electron chi connectivity index (χ2n) is 5.42. The summed E-state index contributed by atoms with van der Waals surface area (Å²) in [7, 11) is 6.63. The van der Waals surface area contributed by atoms with Crippen LogP contribution in [0.15, 0.2) is 41.4 Å². The van der Waals surface area contributed by atoms with Crippen molar-refractivity contribution in [2.45, 2.75) is 13.5 Å². The summed E-state index contributed by atoms with van der Waals surface area (Å²) in [5.41, 5.74) is 3.07. The Kier molecular flexibility index (Phi) is 6.51. The summed E-state index contributed by atoms with van der Waals surface area (Å²) in [6, 6.07) is 11.7. The molecule has 0 saturated heterocycles. The normalized spacial score (nSPS) is 11.0. The van der Waals surface area contributed by atoms with Crippen LogP contribution in [-0.4, -0.2) is 34.3 Å². The molecule has 0 aliphatic carbocycles. The highest BCUT2D eigenvalue weighted by Gasteiger charge is 2.07. The number of rotatable bonds is 6. The second-order valence-corrected chi connectivity index (χ2v) is 5.42. The fourth-order valence-electron chi connectivity index (χ4n) is 2.39. The number of hydrogen-bond acceptors (Lipinski definition) is 4. The lowest BCUT2D eigenvalue weighted by atomic mass is 10.1. The molecule has 0 heterocycles. The van der Waals surface area contributed by atoms with E-state index in [9.17, 15) is 0 Å². The smallest absolute Gasteiger partial charge is 0.195 e. The Morgan fingerprint density at radius 1 is 0.920 bits per heavy atom. The first kappa shape index (κ1) is 18.4. The number of hydrogen-bond donors (Lipinski definition) is 2. The van der Waals surface area contributed by atoms with Crippen molar-refractivity contribution < 1.29 is 14.2 Å². The predicted molar refractivity (Wildman–Crippen MR) is 101 cm³/mol. The number of benzene rings is 2. The third-order valence-corrected chi connectivity index (χ3v) is 3.80. The highest BCUT2D eigenvalue weighted by Crippen LogP contribution is 2.29. The molecule has 0 fully saturated rings. The molecule has 0 unspecified atom stereocenters. The van der Waals surface area contributed by atoms with Gasteiger partial charge in [0.1, 0.15) is 5.75 Å². The molecule has 0 saturated carbocycles. The Morgan fingerprint density at radius 3 is 2.28 bits per heavy atom. The maximum Gasteiger partial charge on any atom is 0.195 e. The monoisotopic (exact) mass is 343 g/mol. The van der Waals surface area contributed by atoms with Crippen LogP contribution in [0.3, 0.4) is 0 Å². The maximum absolute atomic E-state index is 5.36. The molecule has 6 nitrogen and oxygen atoms in total. The minimum Gasteiger partial charge on any atom is -0.496 e. The number of methoxy groups -OCH3 is 3. The zero-order valence-electron chi connectivity index (χ0n) is 15.3. The van der Waals surface area contributed by atoms with Gasteiger partial charge in [-0.25, -0.2) is 0 Å². The van der Waals surface area contributed by atoms with Gasteiger partial charge in [0.15, 0.2) is 17.5 Å². The van der Waals surface area contributed by atoms with Gasteiger partial charge in [-0.1, -0.05) is 12.1 Å². The number of nitrogens with zero attached hydrogens (tertiary/aromatic N) is 1. The Morgan fingerprint density at radius 2 is 1.64 bits per heavy atom. The molecule has 134 valence electrons. The standard InChI is InChI=1S/C19H25N3O3/c1-13-6-7-14(10-17(13)24-4)12-21-19(20-2)22-15-8-9-16(23-3)18(11-15)25-5/h6-11H,12H2,1-5H3,(H2,20,21,22). The van der Waals surface area contributed by atoms with E-state index in [4.69, 9.17) is 14.2 Å². The summed E-state index contributed by atoms with van der Waals surface area (Å²) in [6.07, 6.45) is 0. The van der Waals surface area contributed by atoms with E-state index < -0.39 is 0 Å². The molecule has 0 aromatic heterocycles. The van der Waals surface area contributed by atoms with Crippen LogP contribution in [0.5, 0.6) is 17.2 Å². The minimum atomic E-state index is 0.629. The molecule has 2 N–H and O–H groups in total. The van der Waals surface area contributed by atoms with E-state index in [1.165, 1.54) is 0 Å². The largest absolute Gasteiger partial charge is 0.496 e. The molecule has 0 bridgehead atoms. The van der Waals surface area contributed by atoms with Crippen molar-refractivity contribution in [3.63, 3.8) is 0 Å². The van der Waals surface area contributed by atoms with E-state index in [1.54, 1.807) is 28.4 Å². The fraction of sp³-hybridized carbons (Fsp3) is 0.316. The van der Waals surface area contributed by atoms with Gasteiger partial charge in [0.05, 0.1) is 21.3 Å². The quantitative estimate of drug-likeness (QED) is 0.623. The van der Waals surface area contributed by atoms with E-state index in [0.29, 0.717) is 24.0 Å². The van der Waals surface area contributed by atoms with Crippen molar-refractivity contribution in [1.29, 1.82) is 0 Å². The predicted octanol–water partition coefficient (Wildman–Crippen LogP) is 3.21. The van der Waals surface area contributed by atoms with Crippen LogP contribution >= 0.6 is 0 Å². The lowest BCUT2D eigenvalue weighted by molar-refractivity contribution is 0.355. The van der Waals surface area contributed by atoms with Gasteiger partial charge in [-0.15, -0.1) is 0 Å². The average molecular weight is 343 g/mol. The first-order valence-electron chi connectivity index (χ1n) is 7.94. The number of aliphatic imine (C=N–C) groups is 1. The number of nitrogens with one attached hydrogen (secondary N) is 2. The molecule has 25 heavy (non-hydrogen) atoms. The Labute approximate surface area is 148 Å². The van der Waals surface area contributed by atoms with Crippen LogP contribution in [0.1, 0.15) is 11.1 Å². The van der Waals surface area contributed by atoms with Gasteiger partial charge in [0.25, 0.3) is 0 Å². The van der Waals surface area contributed by atoms with Gasteiger partial charge in [0, 0.05) is 25.3 Å². The van der Waals surface area contributed by atoms with Crippen molar-refractivity contribution in [3.05, 3.63) is 47.5 Å². The maximum atomic E-state index is 5.36. The van der Waals surface area contributed by atoms with E-state index in [2.05, 4.69) is 21.7 Å². The molecule has 2 aromatic carbocycles. The third kappa shape index (κ3) is 4.79. The van der Waals surface area contributed by atoms with E-state index in [-0.39, 0.29) is 0 Å². The van der Waals surface area contributed by atoms with Gasteiger partial charge >= 0.3 is 0 Å². The zero-order chi connectivity index (χ0) is 18.2. The molecular weight excluding hydrogens is 318 g/mol. The Bertz CT molecular complexity index is 745. The summed E-state index contributed by atoms with van der Waals surface area (Å²) in [6.45, 7) is 2.65. The fourth-order valence-corrected chi connectivity index (χ4v) is 2.39. The molecule has 0 amide bonds. The molecule has 2 aromatic rings. The van der Waals surface area contributed by atoms with Gasteiger partial charge in [-0.3, -0.25) is 4.99 Å². The molecule has 0 radical (unpaired) electrons.